The predicted octanol–water partition coefficient (Wildman–Crippen LogP) is 1.93. The van der Waals surface area contributed by atoms with Gasteiger partial charge in [0, 0.05) is 24.4 Å². The van der Waals surface area contributed by atoms with Crippen LogP contribution in [0, 0.1) is 5.82 Å². The molecule has 1 unspecified atom stereocenters. The monoisotopic (exact) mass is 425 g/mol. The Morgan fingerprint density at radius 1 is 1.29 bits per heavy atom. The molecule has 2 aromatic rings. The number of halogens is 1. The van der Waals surface area contributed by atoms with Gasteiger partial charge >= 0.3 is 0 Å². The Hall–Kier alpha value is -2.11. The molecule has 7 nitrogen and oxygen atoms in total. The SMILES string of the molecule is O=C(NO)C(Cc1cccs1)NS(=O)(=O)N1CC=C(c2ccc(F)cc2)CC1. The van der Waals surface area contributed by atoms with E-state index in [4.69, 9.17) is 5.21 Å². The Kier molecular flexibility index (Phi) is 6.57. The van der Waals surface area contributed by atoms with Crippen LogP contribution in [0.25, 0.3) is 5.57 Å². The first kappa shape index (κ1) is 20.6. The van der Waals surface area contributed by atoms with Gasteiger partial charge in [0.2, 0.25) is 0 Å². The summed E-state index contributed by atoms with van der Waals surface area (Å²) in [4.78, 5) is 12.7. The first-order chi connectivity index (χ1) is 13.4. The van der Waals surface area contributed by atoms with Crippen molar-refractivity contribution in [3.05, 3.63) is 64.1 Å². The fourth-order valence-electron chi connectivity index (χ4n) is 2.94. The summed E-state index contributed by atoms with van der Waals surface area (Å²) in [6.07, 6.45) is 2.37. The van der Waals surface area contributed by atoms with E-state index in [9.17, 15) is 17.6 Å². The first-order valence-electron chi connectivity index (χ1n) is 8.58. The molecule has 1 atom stereocenters. The molecule has 1 aliphatic rings. The average molecular weight is 426 g/mol. The van der Waals surface area contributed by atoms with Gasteiger partial charge < -0.3 is 0 Å². The van der Waals surface area contributed by atoms with E-state index in [0.717, 1.165) is 16.0 Å². The Morgan fingerprint density at radius 2 is 2.04 bits per heavy atom. The molecule has 1 amide bonds. The molecule has 150 valence electrons. The van der Waals surface area contributed by atoms with Gasteiger partial charge in [-0.3, -0.25) is 10.0 Å². The number of amides is 1. The minimum absolute atomic E-state index is 0.133. The molecule has 0 radical (unpaired) electrons. The van der Waals surface area contributed by atoms with Gasteiger partial charge in [0.25, 0.3) is 16.1 Å². The molecule has 1 aromatic carbocycles. The van der Waals surface area contributed by atoms with Crippen LogP contribution in [-0.4, -0.2) is 43.0 Å². The van der Waals surface area contributed by atoms with Crippen molar-refractivity contribution < 1.29 is 22.8 Å². The molecule has 1 aliphatic heterocycles. The molecule has 3 rings (SSSR count). The molecule has 28 heavy (non-hydrogen) atoms. The molecule has 10 heteroatoms. The normalized spacial score (nSPS) is 16.4. The van der Waals surface area contributed by atoms with E-state index in [-0.39, 0.29) is 25.3 Å². The molecule has 3 N–H and O–H groups in total. The Balaban J connectivity index is 1.69. The molecule has 0 fully saturated rings. The van der Waals surface area contributed by atoms with Gasteiger partial charge in [-0.2, -0.15) is 17.4 Å². The molecule has 1 aromatic heterocycles. The van der Waals surface area contributed by atoms with Gasteiger partial charge in [0.05, 0.1) is 0 Å². The van der Waals surface area contributed by atoms with E-state index in [0.29, 0.717) is 6.42 Å². The van der Waals surface area contributed by atoms with Crippen LogP contribution in [0.4, 0.5) is 4.39 Å². The molecule has 0 aliphatic carbocycles. The highest BCUT2D eigenvalue weighted by atomic mass is 32.2. The van der Waals surface area contributed by atoms with E-state index in [1.54, 1.807) is 30.3 Å². The zero-order chi connectivity index (χ0) is 20.1. The number of hydrogen-bond acceptors (Lipinski definition) is 5. The second kappa shape index (κ2) is 8.93. The van der Waals surface area contributed by atoms with Crippen molar-refractivity contribution in [3.8, 4) is 0 Å². The number of carbonyl (C=O) groups is 1. The van der Waals surface area contributed by atoms with Crippen molar-refractivity contribution in [1.82, 2.24) is 14.5 Å². The average Bonchev–Trinajstić information content (AvgIpc) is 3.20. The molecule has 2 heterocycles. The predicted molar refractivity (Wildman–Crippen MR) is 104 cm³/mol. The van der Waals surface area contributed by atoms with Gasteiger partial charge in [-0.15, -0.1) is 11.3 Å². The lowest BCUT2D eigenvalue weighted by Gasteiger charge is -2.28. The number of nitrogens with zero attached hydrogens (tertiary/aromatic N) is 1. The second-order valence-electron chi connectivity index (χ2n) is 6.28. The van der Waals surface area contributed by atoms with Crippen LogP contribution in [0.1, 0.15) is 16.9 Å². The van der Waals surface area contributed by atoms with E-state index in [1.165, 1.54) is 33.3 Å². The Bertz CT molecular complexity index is 944. The maximum Gasteiger partial charge on any atom is 0.280 e. The summed E-state index contributed by atoms with van der Waals surface area (Å²) >= 11 is 1.39. The van der Waals surface area contributed by atoms with Crippen molar-refractivity contribution in [1.29, 1.82) is 0 Å². The largest absolute Gasteiger partial charge is 0.289 e. The third kappa shape index (κ3) is 5.03. The minimum atomic E-state index is -3.94. The highest BCUT2D eigenvalue weighted by Gasteiger charge is 2.30. The molecular formula is C18H20FN3O4S2. The minimum Gasteiger partial charge on any atom is -0.289 e. The lowest BCUT2D eigenvalue weighted by molar-refractivity contribution is -0.130. The smallest absolute Gasteiger partial charge is 0.280 e. The quantitative estimate of drug-likeness (QED) is 0.466. The molecule has 0 saturated carbocycles. The van der Waals surface area contributed by atoms with Crippen molar-refractivity contribution >= 4 is 33.0 Å². The number of nitrogens with one attached hydrogen (secondary N) is 2. The van der Waals surface area contributed by atoms with Crippen molar-refractivity contribution in [2.24, 2.45) is 0 Å². The summed E-state index contributed by atoms with van der Waals surface area (Å²) in [5.74, 6) is -1.15. The number of benzene rings is 1. The second-order valence-corrected chi connectivity index (χ2v) is 9.01. The van der Waals surface area contributed by atoms with Gasteiger partial charge in [-0.25, -0.2) is 9.87 Å². The molecule has 0 spiro atoms. The van der Waals surface area contributed by atoms with Crippen LogP contribution < -0.4 is 10.2 Å². The highest BCUT2D eigenvalue weighted by Crippen LogP contribution is 2.24. The number of hydrogen-bond donors (Lipinski definition) is 3. The molecule has 0 bridgehead atoms. The summed E-state index contributed by atoms with van der Waals surface area (Å²) < 4.78 is 42.1. The topological polar surface area (TPSA) is 98.7 Å². The van der Waals surface area contributed by atoms with E-state index >= 15 is 0 Å². The maximum absolute atomic E-state index is 13.1. The van der Waals surface area contributed by atoms with Crippen molar-refractivity contribution in [2.45, 2.75) is 18.9 Å². The van der Waals surface area contributed by atoms with Gasteiger partial charge in [0.15, 0.2) is 0 Å². The lowest BCUT2D eigenvalue weighted by atomic mass is 10.0. The van der Waals surface area contributed by atoms with Gasteiger partial charge in [0.1, 0.15) is 11.9 Å². The van der Waals surface area contributed by atoms with Crippen molar-refractivity contribution in [2.75, 3.05) is 13.1 Å². The number of rotatable bonds is 7. The first-order valence-corrected chi connectivity index (χ1v) is 10.9. The standard InChI is InChI=1S/C18H20FN3O4S2/c19-15-5-3-13(4-6-15)14-7-9-22(10-8-14)28(25,26)21-17(18(23)20-24)12-16-2-1-11-27-16/h1-7,11,17,21,24H,8-10,12H2,(H,20,23). The van der Waals surface area contributed by atoms with Crippen LogP contribution in [0.2, 0.25) is 0 Å². The summed E-state index contributed by atoms with van der Waals surface area (Å²) in [6.45, 7) is 0.361. The van der Waals surface area contributed by atoms with Crippen molar-refractivity contribution in [3.63, 3.8) is 0 Å². The molecule has 0 saturated heterocycles. The van der Waals surface area contributed by atoms with Crippen LogP contribution in [0.5, 0.6) is 0 Å². The zero-order valence-corrected chi connectivity index (χ0v) is 16.5. The Labute approximate surface area is 166 Å². The number of hydroxylamine groups is 1. The summed E-state index contributed by atoms with van der Waals surface area (Å²) in [5, 5.41) is 10.8. The third-order valence-electron chi connectivity index (χ3n) is 4.43. The van der Waals surface area contributed by atoms with E-state index in [1.807, 2.05) is 5.38 Å². The summed E-state index contributed by atoms with van der Waals surface area (Å²) in [6, 6.07) is 8.51. The highest BCUT2D eigenvalue weighted by molar-refractivity contribution is 7.87. The Morgan fingerprint density at radius 3 is 2.61 bits per heavy atom. The lowest BCUT2D eigenvalue weighted by Crippen LogP contribution is -2.52. The number of carbonyl (C=O) groups excluding carboxylic acids is 1. The third-order valence-corrected chi connectivity index (χ3v) is 6.92. The van der Waals surface area contributed by atoms with Gasteiger partial charge in [-0.1, -0.05) is 24.3 Å². The fourth-order valence-corrected chi connectivity index (χ4v) is 5.00. The van der Waals surface area contributed by atoms with Gasteiger partial charge in [-0.05, 0) is 41.1 Å². The number of thiophene rings is 1. The van der Waals surface area contributed by atoms with Crippen LogP contribution in [-0.2, 0) is 21.4 Å². The maximum atomic E-state index is 13.1. The van der Waals surface area contributed by atoms with Crippen LogP contribution in [0.15, 0.2) is 47.9 Å². The van der Waals surface area contributed by atoms with Crippen LogP contribution >= 0.6 is 11.3 Å². The fraction of sp³-hybridized carbons (Fsp3) is 0.278. The summed E-state index contributed by atoms with van der Waals surface area (Å²) in [7, 11) is -3.94. The zero-order valence-electron chi connectivity index (χ0n) is 14.8. The van der Waals surface area contributed by atoms with Crippen LogP contribution in [0.3, 0.4) is 0 Å². The molecular weight excluding hydrogens is 405 g/mol. The van der Waals surface area contributed by atoms with E-state index < -0.39 is 22.2 Å². The van der Waals surface area contributed by atoms with E-state index in [2.05, 4.69) is 4.72 Å². The summed E-state index contributed by atoms with van der Waals surface area (Å²) in [5.41, 5.74) is 3.30.